The van der Waals surface area contributed by atoms with Gasteiger partial charge in [-0.15, -0.1) is 0 Å². The Bertz CT molecular complexity index is 607. The topological polar surface area (TPSA) is 93.0 Å². The van der Waals surface area contributed by atoms with Crippen LogP contribution in [0.1, 0.15) is 28.7 Å². The molecule has 1 heterocycles. The standard InChI is InChI=1S/C14H18N4O2/c1-3-11-12(15)13(18-17-11)14(19)16-10-6-4-5-9(7-10)8-20-2/h4-7H,3,8,15H2,1-2H3,(H,16,19)(H,17,18). The van der Waals surface area contributed by atoms with Crippen LogP contribution in [0.4, 0.5) is 11.4 Å². The normalized spacial score (nSPS) is 10.5. The van der Waals surface area contributed by atoms with E-state index < -0.39 is 0 Å². The van der Waals surface area contributed by atoms with Gasteiger partial charge >= 0.3 is 0 Å². The minimum absolute atomic E-state index is 0.221. The molecule has 1 aromatic heterocycles. The number of aromatic amines is 1. The molecule has 0 aliphatic heterocycles. The molecule has 0 aliphatic carbocycles. The number of nitrogens with zero attached hydrogens (tertiary/aromatic N) is 1. The third kappa shape index (κ3) is 2.97. The van der Waals surface area contributed by atoms with Gasteiger partial charge in [0.25, 0.3) is 5.91 Å². The number of nitrogen functional groups attached to an aromatic ring is 1. The van der Waals surface area contributed by atoms with E-state index in [0.717, 1.165) is 11.3 Å². The monoisotopic (exact) mass is 274 g/mol. The number of hydrogen-bond acceptors (Lipinski definition) is 4. The van der Waals surface area contributed by atoms with Crippen molar-refractivity contribution in [2.45, 2.75) is 20.0 Å². The Morgan fingerprint density at radius 3 is 2.95 bits per heavy atom. The smallest absolute Gasteiger partial charge is 0.278 e. The molecule has 1 aromatic carbocycles. The quantitative estimate of drug-likeness (QED) is 0.777. The lowest BCUT2D eigenvalue weighted by Gasteiger charge is -2.06. The molecule has 2 aromatic rings. The molecular formula is C14H18N4O2. The summed E-state index contributed by atoms with van der Waals surface area (Å²) in [5.74, 6) is -0.326. The van der Waals surface area contributed by atoms with Crippen molar-refractivity contribution in [1.29, 1.82) is 0 Å². The predicted octanol–water partition coefficient (Wildman–Crippen LogP) is 1.95. The van der Waals surface area contributed by atoms with Crippen LogP contribution in [0.5, 0.6) is 0 Å². The predicted molar refractivity (Wildman–Crippen MR) is 77.5 cm³/mol. The number of methoxy groups -OCH3 is 1. The number of ether oxygens (including phenoxy) is 1. The van der Waals surface area contributed by atoms with Gasteiger partial charge in [-0.1, -0.05) is 19.1 Å². The number of rotatable bonds is 5. The highest BCUT2D eigenvalue weighted by Gasteiger charge is 2.16. The number of nitrogens with two attached hydrogens (primary N) is 1. The van der Waals surface area contributed by atoms with Crippen LogP contribution >= 0.6 is 0 Å². The fourth-order valence-electron chi connectivity index (χ4n) is 1.93. The number of nitrogens with one attached hydrogen (secondary N) is 2. The van der Waals surface area contributed by atoms with Gasteiger partial charge in [0.15, 0.2) is 5.69 Å². The first kappa shape index (κ1) is 14.1. The molecule has 6 nitrogen and oxygen atoms in total. The number of carbonyl (C=O) groups excluding carboxylic acids is 1. The second-order valence-corrected chi connectivity index (χ2v) is 4.41. The van der Waals surface area contributed by atoms with Crippen LogP contribution in [0.3, 0.4) is 0 Å². The zero-order valence-corrected chi connectivity index (χ0v) is 11.6. The van der Waals surface area contributed by atoms with Gasteiger partial charge in [-0.3, -0.25) is 9.89 Å². The van der Waals surface area contributed by atoms with E-state index in [9.17, 15) is 4.79 Å². The molecule has 106 valence electrons. The lowest BCUT2D eigenvalue weighted by Crippen LogP contribution is -2.14. The third-order valence-corrected chi connectivity index (χ3v) is 2.95. The Morgan fingerprint density at radius 2 is 2.30 bits per heavy atom. The van der Waals surface area contributed by atoms with Crippen LogP contribution in [-0.4, -0.2) is 23.2 Å². The van der Waals surface area contributed by atoms with Crippen molar-refractivity contribution in [3.63, 3.8) is 0 Å². The molecule has 0 spiro atoms. The first-order valence-corrected chi connectivity index (χ1v) is 6.37. The summed E-state index contributed by atoms with van der Waals surface area (Å²) in [6.07, 6.45) is 0.704. The van der Waals surface area contributed by atoms with Crippen LogP contribution in [0, 0.1) is 0 Å². The summed E-state index contributed by atoms with van der Waals surface area (Å²) in [7, 11) is 1.63. The molecule has 0 atom stereocenters. The van der Waals surface area contributed by atoms with E-state index in [-0.39, 0.29) is 11.6 Å². The van der Waals surface area contributed by atoms with Crippen molar-refractivity contribution in [3.8, 4) is 0 Å². The molecule has 6 heteroatoms. The van der Waals surface area contributed by atoms with Gasteiger partial charge in [-0.25, -0.2) is 0 Å². The average molecular weight is 274 g/mol. The maximum absolute atomic E-state index is 12.1. The largest absolute Gasteiger partial charge is 0.395 e. The maximum atomic E-state index is 12.1. The van der Waals surface area contributed by atoms with Gasteiger partial charge in [0.1, 0.15) is 0 Å². The van der Waals surface area contributed by atoms with Crippen molar-refractivity contribution >= 4 is 17.3 Å². The van der Waals surface area contributed by atoms with Gasteiger partial charge in [0.2, 0.25) is 0 Å². The highest BCUT2D eigenvalue weighted by Crippen LogP contribution is 2.17. The number of aryl methyl sites for hydroxylation is 1. The maximum Gasteiger partial charge on any atom is 0.278 e. The van der Waals surface area contributed by atoms with Crippen LogP contribution < -0.4 is 11.1 Å². The van der Waals surface area contributed by atoms with Gasteiger partial charge < -0.3 is 15.8 Å². The minimum atomic E-state index is -0.326. The Morgan fingerprint density at radius 1 is 1.50 bits per heavy atom. The van der Waals surface area contributed by atoms with Gasteiger partial charge in [0, 0.05) is 12.8 Å². The zero-order chi connectivity index (χ0) is 14.5. The number of hydrogen-bond donors (Lipinski definition) is 3. The summed E-state index contributed by atoms with van der Waals surface area (Å²) in [4.78, 5) is 12.1. The van der Waals surface area contributed by atoms with Gasteiger partial charge in [-0.05, 0) is 24.1 Å². The van der Waals surface area contributed by atoms with Crippen LogP contribution in [-0.2, 0) is 17.8 Å². The van der Waals surface area contributed by atoms with E-state index in [2.05, 4.69) is 15.5 Å². The van der Waals surface area contributed by atoms with Crippen LogP contribution in [0.15, 0.2) is 24.3 Å². The molecule has 2 rings (SSSR count). The summed E-state index contributed by atoms with van der Waals surface area (Å²) < 4.78 is 5.06. The second kappa shape index (κ2) is 6.21. The Labute approximate surface area is 117 Å². The molecule has 4 N–H and O–H groups in total. The van der Waals surface area contributed by atoms with Crippen molar-refractivity contribution in [3.05, 3.63) is 41.2 Å². The van der Waals surface area contributed by atoms with Crippen molar-refractivity contribution in [2.24, 2.45) is 0 Å². The summed E-state index contributed by atoms with van der Waals surface area (Å²) in [5, 5.41) is 9.50. The van der Waals surface area contributed by atoms with E-state index in [1.54, 1.807) is 13.2 Å². The number of aromatic nitrogens is 2. The summed E-state index contributed by atoms with van der Waals surface area (Å²) >= 11 is 0. The average Bonchev–Trinajstić information content (AvgIpc) is 2.80. The number of anilines is 2. The zero-order valence-electron chi connectivity index (χ0n) is 11.6. The number of carbonyl (C=O) groups is 1. The fraction of sp³-hybridized carbons (Fsp3) is 0.286. The molecule has 0 unspecified atom stereocenters. The fourth-order valence-corrected chi connectivity index (χ4v) is 1.93. The number of benzene rings is 1. The SMILES string of the molecule is CCc1[nH]nc(C(=O)Nc2cccc(COC)c2)c1N. The summed E-state index contributed by atoms with van der Waals surface area (Å²) in [5.41, 5.74) is 8.93. The van der Waals surface area contributed by atoms with Gasteiger partial charge in [-0.2, -0.15) is 5.10 Å². The van der Waals surface area contributed by atoms with Gasteiger partial charge in [0.05, 0.1) is 18.0 Å². The highest BCUT2D eigenvalue weighted by molar-refractivity contribution is 6.06. The van der Waals surface area contributed by atoms with Crippen molar-refractivity contribution in [2.75, 3.05) is 18.2 Å². The van der Waals surface area contributed by atoms with E-state index >= 15 is 0 Å². The van der Waals surface area contributed by atoms with E-state index in [1.807, 2.05) is 25.1 Å². The van der Waals surface area contributed by atoms with E-state index in [0.29, 0.717) is 24.4 Å². The molecule has 0 radical (unpaired) electrons. The minimum Gasteiger partial charge on any atom is -0.395 e. The van der Waals surface area contributed by atoms with E-state index in [4.69, 9.17) is 10.5 Å². The van der Waals surface area contributed by atoms with Crippen molar-refractivity contribution in [1.82, 2.24) is 10.2 Å². The van der Waals surface area contributed by atoms with Crippen LogP contribution in [0.25, 0.3) is 0 Å². The second-order valence-electron chi connectivity index (χ2n) is 4.41. The number of H-pyrrole nitrogens is 1. The number of amides is 1. The van der Waals surface area contributed by atoms with E-state index in [1.165, 1.54) is 0 Å². The van der Waals surface area contributed by atoms with Crippen molar-refractivity contribution < 1.29 is 9.53 Å². The first-order valence-electron chi connectivity index (χ1n) is 6.37. The first-order chi connectivity index (χ1) is 9.65. The summed E-state index contributed by atoms with van der Waals surface area (Å²) in [6, 6.07) is 7.44. The molecule has 0 bridgehead atoms. The molecule has 1 amide bonds. The Hall–Kier alpha value is -2.34. The molecular weight excluding hydrogens is 256 g/mol. The molecule has 0 aliphatic rings. The van der Waals surface area contributed by atoms with Crippen LogP contribution in [0.2, 0.25) is 0 Å². The summed E-state index contributed by atoms with van der Waals surface area (Å²) in [6.45, 7) is 2.44. The highest BCUT2D eigenvalue weighted by atomic mass is 16.5. The molecule has 0 saturated carbocycles. The lowest BCUT2D eigenvalue weighted by atomic mass is 10.2. The molecule has 0 saturated heterocycles. The Kier molecular flexibility index (Phi) is 4.37. The molecule has 20 heavy (non-hydrogen) atoms. The Balaban J connectivity index is 2.14. The molecule has 0 fully saturated rings. The lowest BCUT2D eigenvalue weighted by molar-refractivity contribution is 0.102. The third-order valence-electron chi connectivity index (χ3n) is 2.95.